The number of nitro groups is 1. The number of hydrogen-bond acceptors (Lipinski definition) is 5. The number of likely N-dealkylation sites (N-methyl/N-ethyl adjacent to an activating group) is 1. The maximum absolute atomic E-state index is 12.3. The molecule has 0 saturated carbocycles. The molecule has 0 fully saturated rings. The van der Waals surface area contributed by atoms with Crippen LogP contribution in [0.25, 0.3) is 0 Å². The highest BCUT2D eigenvalue weighted by Crippen LogP contribution is 2.29. The Morgan fingerprint density at radius 2 is 2.00 bits per heavy atom. The van der Waals surface area contributed by atoms with Crippen LogP contribution in [-0.2, 0) is 10.0 Å². The molecule has 0 aliphatic carbocycles. The van der Waals surface area contributed by atoms with Gasteiger partial charge >= 0.3 is 0 Å². The van der Waals surface area contributed by atoms with Gasteiger partial charge in [-0.1, -0.05) is 11.6 Å². The fourth-order valence-corrected chi connectivity index (χ4v) is 3.22. The van der Waals surface area contributed by atoms with Crippen LogP contribution in [0.5, 0.6) is 0 Å². The molecule has 0 amide bonds. The number of benzene rings is 1. The Balaban J connectivity index is 3.14. The number of rotatable bonds is 6. The number of hydrogen-bond donors (Lipinski definition) is 1. The highest BCUT2D eigenvalue weighted by molar-refractivity contribution is 7.89. The van der Waals surface area contributed by atoms with Crippen LogP contribution >= 0.6 is 11.6 Å². The molecule has 118 valence electrons. The first kappa shape index (κ1) is 17.8. The van der Waals surface area contributed by atoms with Crippen LogP contribution in [0.2, 0.25) is 5.02 Å². The molecule has 0 spiro atoms. The van der Waals surface area contributed by atoms with E-state index in [1.165, 1.54) is 6.07 Å². The first-order valence-electron chi connectivity index (χ1n) is 6.17. The zero-order chi connectivity index (χ0) is 16.4. The molecule has 1 N–H and O–H groups in total. The SMILES string of the molecule is Cc1cc(Cl)c([N+](=O)[O-])cc1S(=O)(=O)NCC(C)N(C)C. The van der Waals surface area contributed by atoms with Gasteiger partial charge in [0.15, 0.2) is 0 Å². The Labute approximate surface area is 129 Å². The highest BCUT2D eigenvalue weighted by atomic mass is 35.5. The minimum atomic E-state index is -3.83. The van der Waals surface area contributed by atoms with Gasteiger partial charge < -0.3 is 4.90 Å². The predicted molar refractivity (Wildman–Crippen MR) is 81.2 cm³/mol. The van der Waals surface area contributed by atoms with Crippen LogP contribution in [0.3, 0.4) is 0 Å². The Kier molecular flexibility index (Phi) is 5.68. The smallest absolute Gasteiger partial charge is 0.289 e. The van der Waals surface area contributed by atoms with Crippen molar-refractivity contribution in [3.63, 3.8) is 0 Å². The van der Waals surface area contributed by atoms with Crippen LogP contribution < -0.4 is 4.72 Å². The van der Waals surface area contributed by atoms with Crippen molar-refractivity contribution in [1.29, 1.82) is 0 Å². The van der Waals surface area contributed by atoms with Crippen LogP contribution in [0.4, 0.5) is 5.69 Å². The molecular weight excluding hydrogens is 318 g/mol. The molecule has 0 bridgehead atoms. The molecule has 1 aromatic rings. The summed E-state index contributed by atoms with van der Waals surface area (Å²) in [6.07, 6.45) is 0. The van der Waals surface area contributed by atoms with Crippen LogP contribution in [0, 0.1) is 17.0 Å². The van der Waals surface area contributed by atoms with Gasteiger partial charge in [0, 0.05) is 18.7 Å². The van der Waals surface area contributed by atoms with E-state index >= 15 is 0 Å². The van der Waals surface area contributed by atoms with E-state index in [0.29, 0.717) is 5.56 Å². The van der Waals surface area contributed by atoms with Crippen molar-refractivity contribution in [3.8, 4) is 0 Å². The lowest BCUT2D eigenvalue weighted by Crippen LogP contribution is -2.38. The molecule has 1 rings (SSSR count). The van der Waals surface area contributed by atoms with Gasteiger partial charge in [-0.2, -0.15) is 0 Å². The van der Waals surface area contributed by atoms with E-state index in [1.807, 2.05) is 25.9 Å². The number of nitrogens with one attached hydrogen (secondary N) is 1. The average molecular weight is 336 g/mol. The molecule has 1 aromatic carbocycles. The van der Waals surface area contributed by atoms with E-state index in [1.54, 1.807) is 6.92 Å². The number of sulfonamides is 1. The summed E-state index contributed by atoms with van der Waals surface area (Å²) >= 11 is 5.75. The summed E-state index contributed by atoms with van der Waals surface area (Å²) in [5.41, 5.74) is -0.0705. The molecule has 9 heteroatoms. The molecule has 0 radical (unpaired) electrons. The maximum atomic E-state index is 12.3. The van der Waals surface area contributed by atoms with E-state index in [9.17, 15) is 18.5 Å². The predicted octanol–water partition coefficient (Wildman–Crippen LogP) is 1.79. The topological polar surface area (TPSA) is 92.5 Å². The molecule has 21 heavy (non-hydrogen) atoms. The van der Waals surface area contributed by atoms with Crippen LogP contribution in [-0.4, -0.2) is 44.9 Å². The second kappa shape index (κ2) is 6.69. The molecule has 0 saturated heterocycles. The van der Waals surface area contributed by atoms with Gasteiger partial charge in [-0.25, -0.2) is 13.1 Å². The summed E-state index contributed by atoms with van der Waals surface area (Å²) < 4.78 is 27.0. The quantitative estimate of drug-likeness (QED) is 0.632. The maximum Gasteiger partial charge on any atom is 0.289 e. The second-order valence-corrected chi connectivity index (χ2v) is 7.13. The van der Waals surface area contributed by atoms with Crippen molar-refractivity contribution in [3.05, 3.63) is 32.8 Å². The van der Waals surface area contributed by atoms with Gasteiger partial charge in [-0.3, -0.25) is 10.1 Å². The third kappa shape index (κ3) is 4.37. The second-order valence-electron chi connectivity index (χ2n) is 4.99. The third-order valence-electron chi connectivity index (χ3n) is 3.18. The van der Waals surface area contributed by atoms with Gasteiger partial charge in [0.25, 0.3) is 5.69 Å². The molecule has 0 aromatic heterocycles. The summed E-state index contributed by atoms with van der Waals surface area (Å²) in [6, 6.07) is 2.26. The molecule has 0 aliphatic heterocycles. The summed E-state index contributed by atoms with van der Waals surface area (Å²) in [4.78, 5) is 11.9. The lowest BCUT2D eigenvalue weighted by Gasteiger charge is -2.20. The summed E-state index contributed by atoms with van der Waals surface area (Å²) in [6.45, 7) is 3.60. The van der Waals surface area contributed by atoms with E-state index in [0.717, 1.165) is 6.07 Å². The zero-order valence-electron chi connectivity index (χ0n) is 12.3. The normalized spacial score (nSPS) is 13.4. The minimum absolute atomic E-state index is 0.0117. The highest BCUT2D eigenvalue weighted by Gasteiger charge is 2.23. The Hall–Kier alpha value is -1.22. The van der Waals surface area contributed by atoms with Crippen molar-refractivity contribution in [2.75, 3.05) is 20.6 Å². The van der Waals surface area contributed by atoms with Crippen molar-refractivity contribution in [1.82, 2.24) is 9.62 Å². The third-order valence-corrected chi connectivity index (χ3v) is 5.05. The largest absolute Gasteiger partial charge is 0.305 e. The fraction of sp³-hybridized carbons (Fsp3) is 0.500. The van der Waals surface area contributed by atoms with E-state index in [4.69, 9.17) is 11.6 Å². The Bertz CT molecular complexity index is 646. The van der Waals surface area contributed by atoms with Crippen molar-refractivity contribution < 1.29 is 13.3 Å². The van der Waals surface area contributed by atoms with Crippen molar-refractivity contribution >= 4 is 27.3 Å². The van der Waals surface area contributed by atoms with E-state index in [2.05, 4.69) is 4.72 Å². The molecule has 1 atom stereocenters. The molecule has 1 unspecified atom stereocenters. The number of nitrogens with zero attached hydrogens (tertiary/aromatic N) is 2. The molecule has 0 aliphatic rings. The molecular formula is C12H18ClN3O4S. The first-order chi connectivity index (χ1) is 9.56. The van der Waals surface area contributed by atoms with Gasteiger partial charge in [0.1, 0.15) is 5.02 Å². The summed E-state index contributed by atoms with van der Waals surface area (Å²) in [5.74, 6) is 0. The Morgan fingerprint density at radius 1 is 1.43 bits per heavy atom. The first-order valence-corrected chi connectivity index (χ1v) is 8.03. The number of aryl methyl sites for hydroxylation is 1. The number of nitro benzene ring substituents is 1. The van der Waals surface area contributed by atoms with Crippen LogP contribution in [0.1, 0.15) is 12.5 Å². The minimum Gasteiger partial charge on any atom is -0.305 e. The van der Waals surface area contributed by atoms with Crippen molar-refractivity contribution in [2.45, 2.75) is 24.8 Å². The van der Waals surface area contributed by atoms with E-state index in [-0.39, 0.29) is 22.5 Å². The average Bonchev–Trinajstić information content (AvgIpc) is 2.34. The van der Waals surface area contributed by atoms with Crippen LogP contribution in [0.15, 0.2) is 17.0 Å². The van der Waals surface area contributed by atoms with Gasteiger partial charge in [0.05, 0.1) is 9.82 Å². The molecule has 0 heterocycles. The number of halogens is 1. The lowest BCUT2D eigenvalue weighted by molar-refractivity contribution is -0.384. The summed E-state index contributed by atoms with van der Waals surface area (Å²) in [5, 5.41) is 10.8. The zero-order valence-corrected chi connectivity index (χ0v) is 13.8. The van der Waals surface area contributed by atoms with Gasteiger partial charge in [0.2, 0.25) is 10.0 Å². The summed E-state index contributed by atoms with van der Waals surface area (Å²) in [7, 11) is -0.171. The Morgan fingerprint density at radius 3 is 2.48 bits per heavy atom. The lowest BCUT2D eigenvalue weighted by atomic mass is 10.2. The molecule has 7 nitrogen and oxygen atoms in total. The van der Waals surface area contributed by atoms with Gasteiger partial charge in [-0.15, -0.1) is 0 Å². The van der Waals surface area contributed by atoms with Gasteiger partial charge in [-0.05, 0) is 39.6 Å². The standard InChI is InChI=1S/C12H18ClN3O4S/c1-8-5-10(13)11(16(17)18)6-12(8)21(19,20)14-7-9(2)15(3)4/h5-6,9,14H,7H2,1-4H3. The fourth-order valence-electron chi connectivity index (χ4n) is 1.56. The monoisotopic (exact) mass is 335 g/mol. The van der Waals surface area contributed by atoms with Crippen molar-refractivity contribution in [2.24, 2.45) is 0 Å². The van der Waals surface area contributed by atoms with E-state index < -0.39 is 20.6 Å².